The molecule has 4 nitrogen and oxygen atoms in total. The van der Waals surface area contributed by atoms with Crippen LogP contribution in [0.25, 0.3) is 0 Å². The number of carbonyl (C=O) groups excluding carboxylic acids is 1. The minimum Gasteiger partial charge on any atom is -1.00 e. The number of thiazole rings is 1. The van der Waals surface area contributed by atoms with Crippen LogP contribution < -0.4 is 21.5 Å². The van der Waals surface area contributed by atoms with Crippen molar-refractivity contribution in [2.24, 2.45) is 0 Å². The third-order valence-electron chi connectivity index (χ3n) is 2.94. The maximum atomic E-state index is 12.0. The van der Waals surface area contributed by atoms with Crippen LogP contribution in [0.4, 0.5) is 0 Å². The summed E-state index contributed by atoms with van der Waals surface area (Å²) in [4.78, 5) is 12.0. The summed E-state index contributed by atoms with van der Waals surface area (Å²) >= 11 is 1.53. The van der Waals surface area contributed by atoms with E-state index in [1.807, 2.05) is 22.4 Å². The van der Waals surface area contributed by atoms with E-state index in [9.17, 15) is 9.90 Å². The maximum absolute atomic E-state index is 12.0. The number of hydrogen-bond donors (Lipinski definition) is 1. The average molecular weight is 360 g/mol. The van der Waals surface area contributed by atoms with Crippen LogP contribution in [0.1, 0.15) is 36.0 Å². The number of nitrogens with zero attached hydrogens (tertiary/aromatic N) is 1. The molecule has 0 bridgehead atoms. The van der Waals surface area contributed by atoms with Gasteiger partial charge in [0.25, 0.3) is 5.78 Å². The average Bonchev–Trinajstić information content (AvgIpc) is 3.01. The number of ketones is 1. The van der Waals surface area contributed by atoms with Crippen LogP contribution in [-0.2, 0) is 13.0 Å². The first-order chi connectivity index (χ1) is 9.20. The second-order valence-electron chi connectivity index (χ2n) is 4.53. The van der Waals surface area contributed by atoms with Gasteiger partial charge in [0.15, 0.2) is 11.5 Å². The maximum Gasteiger partial charge on any atom is 0.262 e. The molecule has 0 aliphatic heterocycles. The molecule has 1 unspecified atom stereocenters. The van der Waals surface area contributed by atoms with Crippen molar-refractivity contribution >= 4 is 17.1 Å². The van der Waals surface area contributed by atoms with E-state index in [-0.39, 0.29) is 35.4 Å². The molecule has 1 N–H and O–H groups in total. The highest BCUT2D eigenvalue weighted by Crippen LogP contribution is 2.08. The predicted octanol–water partition coefficient (Wildman–Crippen LogP) is -0.781. The van der Waals surface area contributed by atoms with Gasteiger partial charge in [0, 0.05) is 0 Å². The Morgan fingerprint density at radius 1 is 1.55 bits per heavy atom. The van der Waals surface area contributed by atoms with Gasteiger partial charge < -0.3 is 26.5 Å². The quantitative estimate of drug-likeness (QED) is 0.521. The number of aliphatic hydroxyl groups is 1. The molecule has 2 heterocycles. The highest BCUT2D eigenvalue weighted by atomic mass is 79.9. The van der Waals surface area contributed by atoms with Crippen LogP contribution >= 0.6 is 11.3 Å². The van der Waals surface area contributed by atoms with Crippen molar-refractivity contribution in [1.82, 2.24) is 0 Å². The van der Waals surface area contributed by atoms with Gasteiger partial charge in [0.05, 0.1) is 24.2 Å². The van der Waals surface area contributed by atoms with Crippen molar-refractivity contribution in [2.75, 3.05) is 0 Å². The predicted molar refractivity (Wildman–Crippen MR) is 72.2 cm³/mol. The summed E-state index contributed by atoms with van der Waals surface area (Å²) in [5.74, 6) is 0.318. The van der Waals surface area contributed by atoms with Gasteiger partial charge in [-0.25, -0.2) is 0 Å². The zero-order chi connectivity index (χ0) is 13.7. The minimum absolute atomic E-state index is 0. The summed E-state index contributed by atoms with van der Waals surface area (Å²) in [5, 5.41) is 11.8. The third kappa shape index (κ3) is 4.54. The van der Waals surface area contributed by atoms with Gasteiger partial charge in [-0.1, -0.05) is 24.7 Å². The fraction of sp³-hybridized carbons (Fsp3) is 0.429. The fourth-order valence-corrected chi connectivity index (χ4v) is 2.77. The van der Waals surface area contributed by atoms with Gasteiger partial charge in [-0.2, -0.15) is 4.57 Å². The van der Waals surface area contributed by atoms with Gasteiger partial charge in [-0.15, -0.1) is 0 Å². The van der Waals surface area contributed by atoms with Crippen molar-refractivity contribution in [3.05, 3.63) is 40.7 Å². The molecule has 0 fully saturated rings. The van der Waals surface area contributed by atoms with Gasteiger partial charge in [0.2, 0.25) is 12.1 Å². The molecule has 6 heteroatoms. The van der Waals surface area contributed by atoms with Crippen LogP contribution in [0.2, 0.25) is 0 Å². The lowest BCUT2D eigenvalue weighted by molar-refractivity contribution is -0.686. The van der Waals surface area contributed by atoms with Crippen molar-refractivity contribution in [2.45, 2.75) is 38.8 Å². The van der Waals surface area contributed by atoms with E-state index < -0.39 is 0 Å². The molecule has 1 atom stereocenters. The molecule has 0 saturated carbocycles. The van der Waals surface area contributed by atoms with Crippen LogP contribution in [0.5, 0.6) is 0 Å². The molecule has 20 heavy (non-hydrogen) atoms. The standard InChI is InChI=1S/C14H18NO3S.BrH/c1-2-4-12(16)7-11-9-19-10-15(11)8-13(17)14-5-3-6-18-14;/h3,5-6,9-10,12,16H,2,4,7-8H2,1H3;1H/q+1;/p-1. The van der Waals surface area contributed by atoms with E-state index in [0.29, 0.717) is 12.2 Å². The second-order valence-corrected chi connectivity index (χ2v) is 5.24. The Hall–Kier alpha value is -0.980. The molecule has 0 aliphatic rings. The Labute approximate surface area is 132 Å². The molecule has 0 amide bonds. The molecule has 0 aromatic carbocycles. The van der Waals surface area contributed by atoms with Crippen molar-refractivity contribution in [3.63, 3.8) is 0 Å². The number of Topliss-reactive ketones (excluding diaryl/α,β-unsaturated/α-hetero) is 1. The zero-order valence-corrected chi connectivity index (χ0v) is 13.7. The molecule has 0 saturated heterocycles. The summed E-state index contributed by atoms with van der Waals surface area (Å²) in [6, 6.07) is 3.37. The van der Waals surface area contributed by atoms with E-state index in [0.717, 1.165) is 18.5 Å². The van der Waals surface area contributed by atoms with Crippen LogP contribution in [0.3, 0.4) is 0 Å². The lowest BCUT2D eigenvalue weighted by atomic mass is 10.1. The number of halogens is 1. The first kappa shape index (κ1) is 17.1. The Morgan fingerprint density at radius 3 is 3.00 bits per heavy atom. The van der Waals surface area contributed by atoms with Crippen LogP contribution in [0, 0.1) is 0 Å². The monoisotopic (exact) mass is 359 g/mol. The summed E-state index contributed by atoms with van der Waals surface area (Å²) in [7, 11) is 0. The van der Waals surface area contributed by atoms with Gasteiger partial charge in [-0.05, 0) is 18.6 Å². The normalized spacial score (nSPS) is 11.9. The number of aromatic nitrogens is 1. The molecular formula is C14H18BrNO3S. The fourth-order valence-electron chi connectivity index (χ4n) is 1.97. The topological polar surface area (TPSA) is 54.3 Å². The van der Waals surface area contributed by atoms with E-state index in [2.05, 4.69) is 0 Å². The molecule has 2 rings (SSSR count). The lowest BCUT2D eigenvalue weighted by Crippen LogP contribution is -3.00. The zero-order valence-electron chi connectivity index (χ0n) is 11.3. The second kappa shape index (κ2) is 8.34. The Kier molecular flexibility index (Phi) is 7.12. The van der Waals surface area contributed by atoms with E-state index >= 15 is 0 Å². The van der Waals surface area contributed by atoms with Crippen molar-refractivity contribution < 1.29 is 35.9 Å². The van der Waals surface area contributed by atoms with Gasteiger partial charge in [-0.3, -0.25) is 4.79 Å². The molecule has 0 aliphatic carbocycles. The summed E-state index contributed by atoms with van der Waals surface area (Å²) in [6.45, 7) is 2.30. The molecule has 110 valence electrons. The number of aliphatic hydroxyl groups excluding tert-OH is 1. The molecule has 0 radical (unpaired) electrons. The Balaban J connectivity index is 0.00000200. The SMILES string of the molecule is CCCC(O)Cc1csc[n+]1CC(=O)c1ccco1.[Br-]. The number of carbonyl (C=O) groups is 1. The van der Waals surface area contributed by atoms with Gasteiger partial charge in [0.1, 0.15) is 0 Å². The summed E-state index contributed by atoms with van der Waals surface area (Å²) in [5.41, 5.74) is 2.89. The van der Waals surface area contributed by atoms with Gasteiger partial charge >= 0.3 is 0 Å². The smallest absolute Gasteiger partial charge is 0.262 e. The number of furan rings is 1. The lowest BCUT2D eigenvalue weighted by Gasteiger charge is -2.05. The third-order valence-corrected chi connectivity index (χ3v) is 3.72. The van der Waals surface area contributed by atoms with Crippen molar-refractivity contribution in [3.8, 4) is 0 Å². The van der Waals surface area contributed by atoms with E-state index in [1.165, 1.54) is 17.6 Å². The summed E-state index contributed by atoms with van der Waals surface area (Å²) in [6.07, 6.45) is 3.48. The van der Waals surface area contributed by atoms with Crippen LogP contribution in [-0.4, -0.2) is 17.0 Å². The first-order valence-corrected chi connectivity index (χ1v) is 7.34. The van der Waals surface area contributed by atoms with E-state index in [4.69, 9.17) is 4.42 Å². The number of rotatable bonds is 7. The Bertz CT molecular complexity index is 524. The largest absolute Gasteiger partial charge is 1.00 e. The highest BCUT2D eigenvalue weighted by molar-refractivity contribution is 7.07. The Morgan fingerprint density at radius 2 is 2.35 bits per heavy atom. The van der Waals surface area contributed by atoms with Crippen molar-refractivity contribution in [1.29, 1.82) is 0 Å². The van der Waals surface area contributed by atoms with Crippen LogP contribution in [0.15, 0.2) is 33.7 Å². The minimum atomic E-state index is -0.343. The number of hydrogen-bond acceptors (Lipinski definition) is 4. The summed E-state index contributed by atoms with van der Waals surface area (Å²) < 4.78 is 6.98. The van der Waals surface area contributed by atoms with E-state index in [1.54, 1.807) is 12.1 Å². The highest BCUT2D eigenvalue weighted by Gasteiger charge is 2.21. The molecule has 2 aromatic rings. The molecule has 2 aromatic heterocycles. The molecule has 0 spiro atoms. The molecular weight excluding hydrogens is 342 g/mol. The first-order valence-electron chi connectivity index (χ1n) is 6.40.